The van der Waals surface area contributed by atoms with Gasteiger partial charge in [0.15, 0.2) is 0 Å². The molecule has 0 radical (unpaired) electrons. The van der Waals surface area contributed by atoms with Crippen LogP contribution in [0.4, 0.5) is 0 Å². The lowest BCUT2D eigenvalue weighted by Crippen LogP contribution is -2.53. The minimum Gasteiger partial charge on any atom is -0.393 e. The molecule has 0 saturated heterocycles. The number of rotatable bonds is 2. The molecule has 2 heteroatoms. The molecule has 1 heterocycles. The largest absolute Gasteiger partial charge is 0.393 e. The Bertz CT molecular complexity index is 803. The Morgan fingerprint density at radius 2 is 1.86 bits per heavy atom. The van der Waals surface area contributed by atoms with E-state index in [0.717, 1.165) is 37.1 Å². The first-order valence-electron chi connectivity index (χ1n) is 12.1. The zero-order valence-electron chi connectivity index (χ0n) is 18.8. The Kier molecular flexibility index (Phi) is 4.66. The average Bonchev–Trinajstić information content (AvgIpc) is 2.98. The SMILES string of the molecule is CC[C@H]1C=C2C[C@@H](O)CC[C@]2(C)[C@H]2CC[C@]3(C)C(N4C=CC=CC4)=C(C)C[C@H]3[C@H]12. The molecule has 29 heavy (non-hydrogen) atoms. The normalized spacial score (nSPS) is 46.3. The zero-order valence-corrected chi connectivity index (χ0v) is 18.8. The van der Waals surface area contributed by atoms with Gasteiger partial charge in [-0.05, 0) is 87.0 Å². The highest BCUT2D eigenvalue weighted by Gasteiger charge is 2.60. The predicted octanol–water partition coefficient (Wildman–Crippen LogP) is 6.22. The molecule has 2 fully saturated rings. The van der Waals surface area contributed by atoms with Crippen LogP contribution >= 0.6 is 0 Å². The van der Waals surface area contributed by atoms with Gasteiger partial charge in [0.2, 0.25) is 0 Å². The molecule has 0 bridgehead atoms. The summed E-state index contributed by atoms with van der Waals surface area (Å²) in [7, 11) is 0. The predicted molar refractivity (Wildman–Crippen MR) is 120 cm³/mol. The van der Waals surface area contributed by atoms with E-state index in [9.17, 15) is 5.11 Å². The first kappa shape index (κ1) is 19.7. The van der Waals surface area contributed by atoms with E-state index in [1.807, 2.05) is 0 Å². The number of hydrogen-bond donors (Lipinski definition) is 1. The number of fused-ring (bicyclic) bond motifs is 5. The topological polar surface area (TPSA) is 23.5 Å². The summed E-state index contributed by atoms with van der Waals surface area (Å²) >= 11 is 0. The molecule has 5 aliphatic rings. The smallest absolute Gasteiger partial charge is 0.0577 e. The second-order valence-corrected chi connectivity index (χ2v) is 11.1. The molecular formula is C27H39NO. The van der Waals surface area contributed by atoms with Gasteiger partial charge in [0.1, 0.15) is 0 Å². The minimum atomic E-state index is -0.113. The maximum absolute atomic E-state index is 10.4. The van der Waals surface area contributed by atoms with Gasteiger partial charge >= 0.3 is 0 Å². The molecule has 0 unspecified atom stereocenters. The molecule has 0 aromatic rings. The van der Waals surface area contributed by atoms with Crippen molar-refractivity contribution < 1.29 is 5.11 Å². The van der Waals surface area contributed by atoms with Crippen molar-refractivity contribution in [3.63, 3.8) is 0 Å². The van der Waals surface area contributed by atoms with Crippen LogP contribution in [-0.4, -0.2) is 22.7 Å². The third-order valence-electron chi connectivity index (χ3n) is 9.68. The fraction of sp³-hybridized carbons (Fsp3) is 0.704. The summed E-state index contributed by atoms with van der Waals surface area (Å²) in [4.78, 5) is 2.54. The maximum Gasteiger partial charge on any atom is 0.0577 e. The molecule has 1 N–H and O–H groups in total. The first-order valence-corrected chi connectivity index (χ1v) is 12.1. The average molecular weight is 394 g/mol. The van der Waals surface area contributed by atoms with E-state index >= 15 is 0 Å². The summed E-state index contributed by atoms with van der Waals surface area (Å²) < 4.78 is 0. The van der Waals surface area contributed by atoms with Gasteiger partial charge in [0, 0.05) is 23.9 Å². The molecule has 5 rings (SSSR count). The third kappa shape index (κ3) is 2.77. The highest BCUT2D eigenvalue weighted by molar-refractivity contribution is 5.35. The van der Waals surface area contributed by atoms with Crippen molar-refractivity contribution in [1.82, 2.24) is 4.90 Å². The van der Waals surface area contributed by atoms with Crippen molar-refractivity contribution in [2.45, 2.75) is 78.7 Å². The lowest BCUT2D eigenvalue weighted by Gasteiger charge is -2.60. The van der Waals surface area contributed by atoms with Gasteiger partial charge in [-0.25, -0.2) is 0 Å². The number of aliphatic hydroxyl groups is 1. The van der Waals surface area contributed by atoms with Gasteiger partial charge in [-0.3, -0.25) is 0 Å². The van der Waals surface area contributed by atoms with Gasteiger partial charge < -0.3 is 10.0 Å². The molecule has 1 aliphatic heterocycles. The second-order valence-electron chi connectivity index (χ2n) is 11.1. The van der Waals surface area contributed by atoms with Gasteiger partial charge in [0.05, 0.1) is 6.10 Å². The molecule has 158 valence electrons. The van der Waals surface area contributed by atoms with E-state index in [4.69, 9.17) is 0 Å². The number of aliphatic hydroxyl groups excluding tert-OH is 1. The summed E-state index contributed by atoms with van der Waals surface area (Å²) in [5, 5.41) is 10.4. The molecule has 0 aromatic heterocycles. The Morgan fingerprint density at radius 3 is 2.59 bits per heavy atom. The summed E-state index contributed by atoms with van der Waals surface area (Å²) in [6.07, 6.45) is 19.8. The monoisotopic (exact) mass is 393 g/mol. The number of allylic oxidation sites excluding steroid dienone is 5. The molecule has 7 atom stereocenters. The van der Waals surface area contributed by atoms with Gasteiger partial charge in [-0.1, -0.05) is 50.1 Å². The van der Waals surface area contributed by atoms with Gasteiger partial charge in [-0.15, -0.1) is 0 Å². The van der Waals surface area contributed by atoms with Crippen LogP contribution in [0.3, 0.4) is 0 Å². The molecule has 2 saturated carbocycles. The van der Waals surface area contributed by atoms with E-state index in [1.54, 1.807) is 16.8 Å². The Hall–Kier alpha value is -1.28. The van der Waals surface area contributed by atoms with Crippen LogP contribution in [0.2, 0.25) is 0 Å². The summed E-state index contributed by atoms with van der Waals surface area (Å²) in [5.74, 6) is 3.03. The van der Waals surface area contributed by atoms with Crippen molar-refractivity contribution >= 4 is 0 Å². The standard InChI is InChI=1S/C27H39NO/c1-5-19-16-20-17-21(29)9-11-26(20,3)22-10-12-27(4)23(24(19)22)15-18(2)25(27)28-13-7-6-8-14-28/h6-8,13,16,19,21-24,29H,5,9-12,14-15,17H2,1-4H3/t19-,21-,22-,23-,24+,26-,27-/m0/s1. The van der Waals surface area contributed by atoms with Gasteiger partial charge in [-0.2, -0.15) is 0 Å². The van der Waals surface area contributed by atoms with Crippen molar-refractivity contribution in [3.05, 3.63) is 47.3 Å². The van der Waals surface area contributed by atoms with E-state index in [2.05, 4.69) is 63.1 Å². The lowest BCUT2D eigenvalue weighted by atomic mass is 9.45. The minimum absolute atomic E-state index is 0.113. The number of hydrogen-bond acceptors (Lipinski definition) is 2. The van der Waals surface area contributed by atoms with E-state index in [1.165, 1.54) is 32.1 Å². The molecular weight excluding hydrogens is 354 g/mol. The highest BCUT2D eigenvalue weighted by atomic mass is 16.3. The molecule has 0 spiro atoms. The maximum atomic E-state index is 10.4. The second kappa shape index (κ2) is 6.87. The van der Waals surface area contributed by atoms with Crippen LogP contribution in [0, 0.1) is 34.5 Å². The highest BCUT2D eigenvalue weighted by Crippen LogP contribution is 2.67. The van der Waals surface area contributed by atoms with Crippen molar-refractivity contribution in [1.29, 1.82) is 0 Å². The first-order chi connectivity index (χ1) is 13.9. The summed E-state index contributed by atoms with van der Waals surface area (Å²) in [6.45, 7) is 11.0. The fourth-order valence-electron chi connectivity index (χ4n) is 8.31. The van der Waals surface area contributed by atoms with Crippen LogP contribution in [0.1, 0.15) is 72.6 Å². The van der Waals surface area contributed by atoms with E-state index < -0.39 is 0 Å². The molecule has 4 aliphatic carbocycles. The van der Waals surface area contributed by atoms with Crippen LogP contribution in [-0.2, 0) is 0 Å². The molecule has 0 aromatic carbocycles. The Labute approximate surface area is 177 Å². The summed E-state index contributed by atoms with van der Waals surface area (Å²) in [6, 6.07) is 0. The molecule has 2 nitrogen and oxygen atoms in total. The van der Waals surface area contributed by atoms with Gasteiger partial charge in [0.25, 0.3) is 0 Å². The van der Waals surface area contributed by atoms with Crippen molar-refractivity contribution in [2.24, 2.45) is 34.5 Å². The van der Waals surface area contributed by atoms with Crippen LogP contribution < -0.4 is 0 Å². The Balaban J connectivity index is 1.53. The van der Waals surface area contributed by atoms with Crippen LogP contribution in [0.25, 0.3) is 0 Å². The quantitative estimate of drug-likeness (QED) is 0.563. The fourth-order valence-corrected chi connectivity index (χ4v) is 8.31. The van der Waals surface area contributed by atoms with Crippen molar-refractivity contribution in [2.75, 3.05) is 6.54 Å². The van der Waals surface area contributed by atoms with Crippen molar-refractivity contribution in [3.8, 4) is 0 Å². The zero-order chi connectivity index (χ0) is 20.4. The van der Waals surface area contributed by atoms with E-state index in [0.29, 0.717) is 16.7 Å². The van der Waals surface area contributed by atoms with E-state index in [-0.39, 0.29) is 6.10 Å². The van der Waals surface area contributed by atoms with Crippen LogP contribution in [0.15, 0.2) is 47.3 Å². The summed E-state index contributed by atoms with van der Waals surface area (Å²) in [5.41, 5.74) is 5.49. The Morgan fingerprint density at radius 1 is 1.07 bits per heavy atom. The molecule has 0 amide bonds. The third-order valence-corrected chi connectivity index (χ3v) is 9.68. The van der Waals surface area contributed by atoms with Crippen LogP contribution in [0.5, 0.6) is 0 Å². The number of nitrogens with zero attached hydrogens (tertiary/aromatic N) is 1. The lowest BCUT2D eigenvalue weighted by molar-refractivity contribution is -0.0561.